The number of hydrogen-bond acceptors (Lipinski definition) is 3. The zero-order chi connectivity index (χ0) is 17.9. The summed E-state index contributed by atoms with van der Waals surface area (Å²) in [6.45, 7) is 0. The minimum atomic E-state index is -3.85. The van der Waals surface area contributed by atoms with Crippen LogP contribution in [0.15, 0.2) is 59.5 Å². The minimum absolute atomic E-state index is 0.222. The summed E-state index contributed by atoms with van der Waals surface area (Å²) in [4.78, 5) is 12.2. The van der Waals surface area contributed by atoms with Crippen LogP contribution < -0.4 is 4.72 Å². The van der Waals surface area contributed by atoms with Gasteiger partial charge in [-0.3, -0.25) is 4.79 Å². The van der Waals surface area contributed by atoms with Gasteiger partial charge in [0.25, 0.3) is 15.9 Å². The number of nitrogens with one attached hydrogen (secondary N) is 1. The Morgan fingerprint density at radius 2 is 1.76 bits per heavy atom. The van der Waals surface area contributed by atoms with Crippen molar-refractivity contribution in [2.24, 2.45) is 0 Å². The van der Waals surface area contributed by atoms with Crippen molar-refractivity contribution in [1.29, 1.82) is 0 Å². The molecule has 0 heterocycles. The lowest BCUT2D eigenvalue weighted by Gasteiger charge is -2.16. The van der Waals surface area contributed by atoms with Gasteiger partial charge in [0.2, 0.25) is 0 Å². The number of halogens is 1. The highest BCUT2D eigenvalue weighted by Crippen LogP contribution is 2.26. The zero-order valence-electron chi connectivity index (χ0n) is 13.3. The molecule has 0 atom stereocenters. The molecule has 0 fully saturated rings. The first kappa shape index (κ1) is 17.5. The van der Waals surface area contributed by atoms with Gasteiger partial charge in [0.1, 0.15) is 0 Å². The second kappa shape index (κ2) is 7.25. The van der Waals surface area contributed by atoms with Crippen molar-refractivity contribution in [2.75, 3.05) is 0 Å². The molecule has 2 aromatic rings. The van der Waals surface area contributed by atoms with Crippen molar-refractivity contribution in [1.82, 2.24) is 4.72 Å². The number of amides is 1. The molecule has 1 amide bonds. The van der Waals surface area contributed by atoms with E-state index in [0.717, 1.165) is 16.7 Å². The van der Waals surface area contributed by atoms with Crippen LogP contribution in [-0.4, -0.2) is 14.3 Å². The quantitative estimate of drug-likeness (QED) is 0.829. The SMILES string of the molecule is O=C(C=Cc1ccc(Cl)cc1)NS(=O)(=O)C1=Cc2ccccc2CC1. The highest BCUT2D eigenvalue weighted by molar-refractivity contribution is 7.94. The molecule has 0 aromatic heterocycles. The molecular formula is C19H16ClNO3S. The summed E-state index contributed by atoms with van der Waals surface area (Å²) in [5, 5.41) is 0.591. The van der Waals surface area contributed by atoms with Gasteiger partial charge in [-0.05, 0) is 53.8 Å². The molecule has 0 unspecified atom stereocenters. The van der Waals surface area contributed by atoms with Gasteiger partial charge in [-0.25, -0.2) is 13.1 Å². The third-order valence-corrected chi connectivity index (χ3v) is 5.62. The molecule has 6 heteroatoms. The molecule has 25 heavy (non-hydrogen) atoms. The van der Waals surface area contributed by atoms with E-state index in [0.29, 0.717) is 17.9 Å². The van der Waals surface area contributed by atoms with Crippen LogP contribution >= 0.6 is 11.6 Å². The van der Waals surface area contributed by atoms with Crippen LogP contribution in [-0.2, 0) is 21.2 Å². The molecule has 0 radical (unpaired) electrons. The Bertz CT molecular complexity index is 960. The Morgan fingerprint density at radius 1 is 1.04 bits per heavy atom. The molecule has 1 aliphatic rings. The third kappa shape index (κ3) is 4.38. The summed E-state index contributed by atoms with van der Waals surface area (Å²) in [7, 11) is -3.85. The molecule has 2 aromatic carbocycles. The first-order chi connectivity index (χ1) is 11.9. The van der Waals surface area contributed by atoms with Gasteiger partial charge >= 0.3 is 0 Å². The van der Waals surface area contributed by atoms with Crippen LogP contribution in [0.1, 0.15) is 23.1 Å². The number of aryl methyl sites for hydroxylation is 1. The second-order valence-corrected chi connectivity index (χ2v) is 7.84. The Kier molecular flexibility index (Phi) is 5.06. The first-order valence-electron chi connectivity index (χ1n) is 7.73. The number of rotatable bonds is 4. The largest absolute Gasteiger partial charge is 0.269 e. The molecule has 1 aliphatic carbocycles. The van der Waals surface area contributed by atoms with Crippen molar-refractivity contribution in [3.05, 3.63) is 81.2 Å². The highest BCUT2D eigenvalue weighted by Gasteiger charge is 2.22. The van der Waals surface area contributed by atoms with Crippen molar-refractivity contribution >= 4 is 39.7 Å². The normalized spacial score (nSPS) is 14.0. The third-order valence-electron chi connectivity index (χ3n) is 3.89. The Balaban J connectivity index is 1.72. The van der Waals surface area contributed by atoms with Gasteiger partial charge in [0.05, 0.1) is 4.91 Å². The second-order valence-electron chi connectivity index (χ2n) is 5.66. The minimum Gasteiger partial charge on any atom is -0.269 e. The van der Waals surface area contributed by atoms with E-state index in [9.17, 15) is 13.2 Å². The Labute approximate surface area is 151 Å². The van der Waals surface area contributed by atoms with Gasteiger partial charge in [-0.2, -0.15) is 0 Å². The number of fused-ring (bicyclic) bond motifs is 1. The topological polar surface area (TPSA) is 63.2 Å². The average molecular weight is 374 g/mol. The fourth-order valence-corrected chi connectivity index (χ4v) is 3.84. The lowest BCUT2D eigenvalue weighted by Crippen LogP contribution is -2.30. The van der Waals surface area contributed by atoms with Crippen LogP contribution in [0.3, 0.4) is 0 Å². The maximum Gasteiger partial charge on any atom is 0.260 e. The standard InChI is InChI=1S/C19H16ClNO3S/c20-17-9-5-14(6-10-17)7-12-19(22)21-25(23,24)18-11-8-15-3-1-2-4-16(15)13-18/h1-7,9-10,12-13H,8,11H2,(H,21,22). The maximum atomic E-state index is 12.4. The molecule has 0 saturated heterocycles. The average Bonchev–Trinajstić information content (AvgIpc) is 2.60. The molecule has 1 N–H and O–H groups in total. The number of benzene rings is 2. The fraction of sp³-hybridized carbons (Fsp3) is 0.105. The number of carbonyl (C=O) groups is 1. The summed E-state index contributed by atoms with van der Waals surface area (Å²) < 4.78 is 26.9. The van der Waals surface area contributed by atoms with Crippen molar-refractivity contribution < 1.29 is 13.2 Å². The van der Waals surface area contributed by atoms with E-state index in [2.05, 4.69) is 4.72 Å². The van der Waals surface area contributed by atoms with Crippen LogP contribution in [0.2, 0.25) is 5.02 Å². The summed E-state index contributed by atoms with van der Waals surface area (Å²) in [6, 6.07) is 14.5. The van der Waals surface area contributed by atoms with Crippen molar-refractivity contribution in [3.63, 3.8) is 0 Å². The van der Waals surface area contributed by atoms with E-state index in [1.807, 2.05) is 24.3 Å². The molecule has 3 rings (SSSR count). The van der Waals surface area contributed by atoms with E-state index in [1.165, 1.54) is 12.2 Å². The predicted octanol–water partition coefficient (Wildman–Crippen LogP) is 3.79. The van der Waals surface area contributed by atoms with Gasteiger partial charge in [-0.15, -0.1) is 0 Å². The summed E-state index contributed by atoms with van der Waals surface area (Å²) >= 11 is 5.79. The summed E-state index contributed by atoms with van der Waals surface area (Å²) in [6.07, 6.45) is 5.36. The predicted molar refractivity (Wildman–Crippen MR) is 100 cm³/mol. The van der Waals surface area contributed by atoms with E-state index in [4.69, 9.17) is 11.6 Å². The van der Waals surface area contributed by atoms with Crippen LogP contribution in [0.5, 0.6) is 0 Å². The lowest BCUT2D eigenvalue weighted by atomic mass is 9.98. The van der Waals surface area contributed by atoms with E-state index >= 15 is 0 Å². The Morgan fingerprint density at radius 3 is 2.52 bits per heavy atom. The molecule has 0 aliphatic heterocycles. The molecule has 0 bridgehead atoms. The Hall–Kier alpha value is -2.37. The van der Waals surface area contributed by atoms with Crippen LogP contribution in [0.4, 0.5) is 0 Å². The number of sulfonamides is 1. The van der Waals surface area contributed by atoms with Crippen molar-refractivity contribution in [3.8, 4) is 0 Å². The van der Waals surface area contributed by atoms with Crippen LogP contribution in [0, 0.1) is 0 Å². The van der Waals surface area contributed by atoms with E-state index in [1.54, 1.807) is 30.3 Å². The lowest BCUT2D eigenvalue weighted by molar-refractivity contribution is -0.114. The summed E-state index contributed by atoms with van der Waals surface area (Å²) in [5.74, 6) is -0.685. The van der Waals surface area contributed by atoms with Gasteiger partial charge in [0, 0.05) is 11.1 Å². The first-order valence-corrected chi connectivity index (χ1v) is 9.59. The molecule has 128 valence electrons. The van der Waals surface area contributed by atoms with Crippen LogP contribution in [0.25, 0.3) is 12.2 Å². The monoisotopic (exact) mass is 373 g/mol. The van der Waals surface area contributed by atoms with Gasteiger partial charge < -0.3 is 0 Å². The smallest absolute Gasteiger partial charge is 0.260 e. The van der Waals surface area contributed by atoms with E-state index in [-0.39, 0.29) is 4.91 Å². The molecule has 0 saturated carbocycles. The fourth-order valence-electron chi connectivity index (χ4n) is 2.60. The van der Waals surface area contributed by atoms with E-state index < -0.39 is 15.9 Å². The summed E-state index contributed by atoms with van der Waals surface area (Å²) in [5.41, 5.74) is 2.73. The van der Waals surface area contributed by atoms with Gasteiger partial charge in [-0.1, -0.05) is 48.0 Å². The van der Waals surface area contributed by atoms with Gasteiger partial charge in [0.15, 0.2) is 0 Å². The number of allylic oxidation sites excluding steroid dienone is 1. The zero-order valence-corrected chi connectivity index (χ0v) is 14.8. The number of carbonyl (C=O) groups excluding carboxylic acids is 1. The van der Waals surface area contributed by atoms with Crippen molar-refractivity contribution in [2.45, 2.75) is 12.8 Å². The number of hydrogen-bond donors (Lipinski definition) is 1. The molecule has 4 nitrogen and oxygen atoms in total. The maximum absolute atomic E-state index is 12.4. The molecule has 0 spiro atoms. The molecular weight excluding hydrogens is 358 g/mol. The highest BCUT2D eigenvalue weighted by atomic mass is 35.5.